The van der Waals surface area contributed by atoms with Gasteiger partial charge in [0.25, 0.3) is 0 Å². The number of hydrogen-bond acceptors (Lipinski definition) is 0. The van der Waals surface area contributed by atoms with Crippen molar-refractivity contribution >= 4 is 9.24 Å². The van der Waals surface area contributed by atoms with Gasteiger partial charge in [0.05, 0.1) is 0 Å². The van der Waals surface area contributed by atoms with E-state index in [2.05, 4.69) is 28.1 Å². The first kappa shape index (κ1) is 26.2. The van der Waals surface area contributed by atoms with E-state index >= 15 is 0 Å². The highest BCUT2D eigenvalue weighted by molar-refractivity contribution is 7.20. The van der Waals surface area contributed by atoms with Crippen molar-refractivity contribution in [2.75, 3.05) is 0 Å². The highest BCUT2D eigenvalue weighted by Gasteiger charge is 1.95. The molecule has 0 amide bonds. The van der Waals surface area contributed by atoms with Crippen LogP contribution in [0.2, 0.25) is 0 Å². The highest BCUT2D eigenvalue weighted by atomic mass is 31.0. The van der Waals surface area contributed by atoms with E-state index in [1.54, 1.807) is 0 Å². The molecule has 0 bridgehead atoms. The summed E-state index contributed by atoms with van der Waals surface area (Å²) in [6.07, 6.45) is 34.3. The summed E-state index contributed by atoms with van der Waals surface area (Å²) in [5, 5.41) is 0. The summed E-state index contributed by atoms with van der Waals surface area (Å²) in [7, 11) is 2.66. The largest absolute Gasteiger partial charge is 0.114 e. The number of unbranched alkanes of at least 4 members (excludes halogenated alkanes) is 21. The maximum atomic E-state index is 2.66. The van der Waals surface area contributed by atoms with E-state index in [-0.39, 0.29) is 0 Å². The first-order chi connectivity index (χ1) is 12.9. The van der Waals surface area contributed by atoms with E-state index in [9.17, 15) is 0 Å². The molecule has 0 N–H and O–H groups in total. The molecule has 0 radical (unpaired) electrons. The van der Waals surface area contributed by atoms with Crippen LogP contribution in [0.15, 0.2) is 11.9 Å². The first-order valence-electron chi connectivity index (χ1n) is 12.3. The Hall–Kier alpha value is 0.170. The average molecular weight is 383 g/mol. The van der Waals surface area contributed by atoms with Crippen molar-refractivity contribution in [3.63, 3.8) is 0 Å². The van der Waals surface area contributed by atoms with E-state index < -0.39 is 0 Å². The zero-order chi connectivity index (χ0) is 19.0. The predicted octanol–water partition coefficient (Wildman–Crippen LogP) is 9.98. The number of rotatable bonds is 22. The van der Waals surface area contributed by atoms with Gasteiger partial charge in [-0.2, -0.15) is 0 Å². The molecule has 156 valence electrons. The Bertz CT molecular complexity index is 259. The molecule has 0 aromatic carbocycles. The van der Waals surface area contributed by atoms with Crippen molar-refractivity contribution in [3.05, 3.63) is 11.9 Å². The van der Waals surface area contributed by atoms with Crippen molar-refractivity contribution < 1.29 is 0 Å². The fraction of sp³-hybridized carbons (Fsp3) is 0.920. The van der Waals surface area contributed by atoms with Gasteiger partial charge in [-0.05, 0) is 12.8 Å². The second kappa shape index (κ2) is 25.2. The topological polar surface area (TPSA) is 0 Å². The molecule has 0 aliphatic carbocycles. The summed E-state index contributed by atoms with van der Waals surface area (Å²) in [6, 6.07) is 0. The highest BCUT2D eigenvalue weighted by Crippen LogP contribution is 2.15. The van der Waals surface area contributed by atoms with Gasteiger partial charge in [-0.15, -0.1) is 9.24 Å². The summed E-state index contributed by atoms with van der Waals surface area (Å²) < 4.78 is 0. The third-order valence-electron chi connectivity index (χ3n) is 5.61. The zero-order valence-electron chi connectivity index (χ0n) is 18.3. The standard InChI is InChI=1S/C25H51P/c1-2-3-4-5-6-7-8-9-10-11-12-13-14-15-16-17-18-19-20-21-22-23-24-25-26/h24-25H,2-23,26H2,1H3. The zero-order valence-corrected chi connectivity index (χ0v) is 19.4. The van der Waals surface area contributed by atoms with Crippen molar-refractivity contribution in [1.29, 1.82) is 0 Å². The number of hydrogen-bond donors (Lipinski definition) is 0. The lowest BCUT2D eigenvalue weighted by Crippen LogP contribution is -1.84. The Balaban J connectivity index is 2.97. The summed E-state index contributed by atoms with van der Waals surface area (Å²) in [5.74, 6) is 2.09. The Morgan fingerprint density at radius 3 is 0.962 bits per heavy atom. The second-order valence-electron chi connectivity index (χ2n) is 8.29. The lowest BCUT2D eigenvalue weighted by molar-refractivity contribution is 0.520. The van der Waals surface area contributed by atoms with Crippen LogP contribution in [0.3, 0.4) is 0 Å². The summed E-state index contributed by atoms with van der Waals surface area (Å²) in [5.41, 5.74) is 0. The van der Waals surface area contributed by atoms with Gasteiger partial charge in [0.2, 0.25) is 0 Å². The first-order valence-corrected chi connectivity index (χ1v) is 12.9. The van der Waals surface area contributed by atoms with Crippen LogP contribution in [-0.2, 0) is 0 Å². The minimum atomic E-state index is 1.27. The molecule has 0 rings (SSSR count). The van der Waals surface area contributed by atoms with Crippen molar-refractivity contribution in [1.82, 2.24) is 0 Å². The van der Waals surface area contributed by atoms with Crippen LogP contribution in [-0.4, -0.2) is 0 Å². The van der Waals surface area contributed by atoms with Gasteiger partial charge in [-0.1, -0.05) is 147 Å². The van der Waals surface area contributed by atoms with Crippen molar-refractivity contribution in [3.8, 4) is 0 Å². The van der Waals surface area contributed by atoms with Crippen LogP contribution in [0.25, 0.3) is 0 Å². The van der Waals surface area contributed by atoms with E-state index in [1.165, 1.54) is 141 Å². The molecular weight excluding hydrogens is 331 g/mol. The molecule has 0 saturated carbocycles. The maximum Gasteiger partial charge on any atom is -0.0347 e. The molecule has 1 unspecified atom stereocenters. The second-order valence-corrected chi connectivity index (χ2v) is 8.67. The van der Waals surface area contributed by atoms with Gasteiger partial charge < -0.3 is 0 Å². The van der Waals surface area contributed by atoms with Crippen LogP contribution in [0, 0.1) is 0 Å². The molecule has 0 fully saturated rings. The van der Waals surface area contributed by atoms with Crippen LogP contribution in [0.5, 0.6) is 0 Å². The van der Waals surface area contributed by atoms with Gasteiger partial charge >= 0.3 is 0 Å². The van der Waals surface area contributed by atoms with E-state index in [0.29, 0.717) is 0 Å². The van der Waals surface area contributed by atoms with Crippen molar-refractivity contribution in [2.45, 2.75) is 148 Å². The Labute approximate surface area is 169 Å². The normalized spacial score (nSPS) is 11.6. The lowest BCUT2D eigenvalue weighted by atomic mass is 10.0. The molecule has 0 spiro atoms. The monoisotopic (exact) mass is 382 g/mol. The van der Waals surface area contributed by atoms with Gasteiger partial charge in [-0.25, -0.2) is 0 Å². The minimum absolute atomic E-state index is 1.27. The Morgan fingerprint density at radius 2 is 0.692 bits per heavy atom. The Kier molecular flexibility index (Phi) is 25.3. The maximum absolute atomic E-state index is 2.66. The van der Waals surface area contributed by atoms with Gasteiger partial charge in [0.1, 0.15) is 0 Å². The van der Waals surface area contributed by atoms with Crippen LogP contribution in [0.4, 0.5) is 0 Å². The molecule has 0 aliphatic rings. The molecule has 1 atom stereocenters. The molecule has 0 heterocycles. The van der Waals surface area contributed by atoms with E-state index in [0.717, 1.165) is 0 Å². The average Bonchev–Trinajstić information content (AvgIpc) is 2.66. The van der Waals surface area contributed by atoms with E-state index in [1.807, 2.05) is 0 Å². The SMILES string of the molecule is CCCCCCCCCCCCCCCCCCCCCCCC=CP. The molecule has 1 heteroatoms. The van der Waals surface area contributed by atoms with E-state index in [4.69, 9.17) is 0 Å². The summed E-state index contributed by atoms with van der Waals surface area (Å²) in [6.45, 7) is 2.30. The van der Waals surface area contributed by atoms with Crippen LogP contribution in [0.1, 0.15) is 148 Å². The fourth-order valence-corrected chi connectivity index (χ4v) is 3.98. The number of allylic oxidation sites excluding steroid dienone is 1. The fourth-order valence-electron chi connectivity index (χ4n) is 3.79. The van der Waals surface area contributed by atoms with Crippen LogP contribution >= 0.6 is 9.24 Å². The molecule has 26 heavy (non-hydrogen) atoms. The van der Waals surface area contributed by atoms with Gasteiger partial charge in [0.15, 0.2) is 0 Å². The van der Waals surface area contributed by atoms with Gasteiger partial charge in [-0.3, -0.25) is 0 Å². The molecule has 0 aromatic heterocycles. The summed E-state index contributed by atoms with van der Waals surface area (Å²) >= 11 is 0. The van der Waals surface area contributed by atoms with Crippen molar-refractivity contribution in [2.24, 2.45) is 0 Å². The third-order valence-corrected chi connectivity index (χ3v) is 5.88. The predicted molar refractivity (Wildman–Crippen MR) is 126 cm³/mol. The molecule has 0 nitrogen and oxygen atoms in total. The Morgan fingerprint density at radius 1 is 0.423 bits per heavy atom. The smallest absolute Gasteiger partial charge is 0.0347 e. The summed E-state index contributed by atoms with van der Waals surface area (Å²) in [4.78, 5) is 0. The molecule has 0 saturated heterocycles. The molecule has 0 aliphatic heterocycles. The molecular formula is C25H51P. The quantitative estimate of drug-likeness (QED) is 0.129. The minimum Gasteiger partial charge on any atom is -0.114 e. The lowest BCUT2D eigenvalue weighted by Gasteiger charge is -2.04. The molecule has 0 aromatic rings. The van der Waals surface area contributed by atoms with Crippen LogP contribution < -0.4 is 0 Å². The third kappa shape index (κ3) is 24.2. The van der Waals surface area contributed by atoms with Gasteiger partial charge in [0, 0.05) is 0 Å².